The van der Waals surface area contributed by atoms with E-state index in [4.69, 9.17) is 5.11 Å². The van der Waals surface area contributed by atoms with Crippen molar-refractivity contribution in [2.75, 3.05) is 0 Å². The Labute approximate surface area is 249 Å². The van der Waals surface area contributed by atoms with Crippen LogP contribution >= 0.6 is 0 Å². The van der Waals surface area contributed by atoms with Crippen LogP contribution in [0.4, 0.5) is 8.78 Å². The van der Waals surface area contributed by atoms with Crippen LogP contribution < -0.4 is 5.32 Å². The number of hydrogen-bond acceptors (Lipinski definition) is 4. The molecule has 0 spiro atoms. The minimum absolute atomic E-state index is 0.129. The summed E-state index contributed by atoms with van der Waals surface area (Å²) in [5, 5.41) is 32.8. The van der Waals surface area contributed by atoms with Crippen LogP contribution in [-0.4, -0.2) is 44.0 Å². The molecule has 1 amide bonds. The number of carbonyl (C=O) groups is 2. The molecule has 0 unspecified atom stereocenters. The molecule has 1 aromatic heterocycles. The number of halogens is 2. The van der Waals surface area contributed by atoms with Gasteiger partial charge in [0.25, 0.3) is 5.91 Å². The maximum atomic E-state index is 14.0. The van der Waals surface area contributed by atoms with E-state index in [-0.39, 0.29) is 37.8 Å². The summed E-state index contributed by atoms with van der Waals surface area (Å²) in [6.45, 7) is 4.12. The summed E-state index contributed by atoms with van der Waals surface area (Å²) in [5.41, 5.74) is 4.34. The zero-order valence-electron chi connectivity index (χ0n) is 24.1. The molecule has 0 saturated heterocycles. The van der Waals surface area contributed by atoms with Gasteiger partial charge in [0, 0.05) is 29.4 Å². The fourth-order valence-electron chi connectivity index (χ4n) is 5.38. The molecule has 1 heterocycles. The number of nitrogens with one attached hydrogen (secondary N) is 1. The third kappa shape index (κ3) is 7.94. The normalized spacial score (nSPS) is 12.7. The van der Waals surface area contributed by atoms with Gasteiger partial charge in [0.05, 0.1) is 18.6 Å². The third-order valence-electron chi connectivity index (χ3n) is 7.27. The van der Waals surface area contributed by atoms with E-state index in [1.165, 1.54) is 24.3 Å². The van der Waals surface area contributed by atoms with Gasteiger partial charge in [-0.2, -0.15) is 0 Å². The molecule has 9 heteroatoms. The van der Waals surface area contributed by atoms with Crippen LogP contribution in [0, 0.1) is 11.6 Å². The number of benzene rings is 3. The van der Waals surface area contributed by atoms with E-state index in [0.717, 1.165) is 5.56 Å². The van der Waals surface area contributed by atoms with Gasteiger partial charge in [-0.1, -0.05) is 54.6 Å². The number of aromatic nitrogens is 1. The molecule has 0 aliphatic carbocycles. The maximum Gasteiger partial charge on any atom is 0.305 e. The van der Waals surface area contributed by atoms with E-state index < -0.39 is 36.2 Å². The molecule has 4 N–H and O–H groups in total. The van der Waals surface area contributed by atoms with Crippen molar-refractivity contribution in [3.63, 3.8) is 0 Å². The number of hydrogen-bond donors (Lipinski definition) is 4. The molecular formula is C34H36F2N2O5. The minimum atomic E-state index is -1.21. The first-order chi connectivity index (χ1) is 20.5. The monoisotopic (exact) mass is 590 g/mol. The number of amides is 1. The van der Waals surface area contributed by atoms with Crippen LogP contribution in [0.1, 0.15) is 60.9 Å². The second-order valence-corrected chi connectivity index (χ2v) is 10.9. The lowest BCUT2D eigenvalue weighted by Crippen LogP contribution is -2.27. The number of rotatable bonds is 13. The SMILES string of the molecule is CC(C)n1c(CC[C@@H](O)C[C@@H](O)CC(=O)O)c(-c2ccc(F)cc2)c(-c2ccc(F)cc2)c1C(=O)NCc1ccccc1. The summed E-state index contributed by atoms with van der Waals surface area (Å²) in [6, 6.07) is 20.9. The molecule has 0 saturated carbocycles. The number of aliphatic carboxylic acids is 1. The Morgan fingerprint density at radius 2 is 1.37 bits per heavy atom. The number of aliphatic hydroxyl groups excluding tert-OH is 2. The first-order valence-electron chi connectivity index (χ1n) is 14.2. The fraction of sp³-hybridized carbons (Fsp3) is 0.294. The largest absolute Gasteiger partial charge is 0.481 e. The molecule has 4 rings (SSSR count). The summed E-state index contributed by atoms with van der Waals surface area (Å²) in [5.74, 6) is -2.39. The summed E-state index contributed by atoms with van der Waals surface area (Å²) in [7, 11) is 0. The second kappa shape index (κ2) is 14.2. The first kappa shape index (κ1) is 31.6. The summed E-state index contributed by atoms with van der Waals surface area (Å²) >= 11 is 0. The van der Waals surface area contributed by atoms with Crippen molar-refractivity contribution in [2.24, 2.45) is 0 Å². The average Bonchev–Trinajstić information content (AvgIpc) is 3.31. The van der Waals surface area contributed by atoms with E-state index in [0.29, 0.717) is 33.6 Å². The van der Waals surface area contributed by atoms with Gasteiger partial charge in [-0.3, -0.25) is 9.59 Å². The highest BCUT2D eigenvalue weighted by atomic mass is 19.1. The predicted molar refractivity (Wildman–Crippen MR) is 160 cm³/mol. The molecule has 0 bridgehead atoms. The lowest BCUT2D eigenvalue weighted by molar-refractivity contribution is -0.139. The molecule has 0 aliphatic heterocycles. The predicted octanol–water partition coefficient (Wildman–Crippen LogP) is 6.13. The fourth-order valence-corrected chi connectivity index (χ4v) is 5.38. The highest BCUT2D eigenvalue weighted by Gasteiger charge is 2.30. The van der Waals surface area contributed by atoms with Crippen LogP contribution in [0.2, 0.25) is 0 Å². The van der Waals surface area contributed by atoms with E-state index in [2.05, 4.69) is 5.32 Å². The van der Waals surface area contributed by atoms with Crippen molar-refractivity contribution in [3.05, 3.63) is 107 Å². The molecular weight excluding hydrogens is 554 g/mol. The Balaban J connectivity index is 1.87. The Hall–Kier alpha value is -4.34. The molecule has 43 heavy (non-hydrogen) atoms. The smallest absolute Gasteiger partial charge is 0.305 e. The quantitative estimate of drug-likeness (QED) is 0.150. The van der Waals surface area contributed by atoms with Crippen LogP contribution in [0.5, 0.6) is 0 Å². The van der Waals surface area contributed by atoms with Gasteiger partial charge >= 0.3 is 5.97 Å². The summed E-state index contributed by atoms with van der Waals surface area (Å²) < 4.78 is 29.9. The van der Waals surface area contributed by atoms with Crippen molar-refractivity contribution in [1.29, 1.82) is 0 Å². The zero-order valence-corrected chi connectivity index (χ0v) is 24.1. The van der Waals surface area contributed by atoms with Gasteiger partial charge in [0.1, 0.15) is 17.3 Å². The van der Waals surface area contributed by atoms with Gasteiger partial charge in [-0.25, -0.2) is 8.78 Å². The van der Waals surface area contributed by atoms with Gasteiger partial charge < -0.3 is 25.2 Å². The van der Waals surface area contributed by atoms with Gasteiger partial charge in [-0.05, 0) is 74.1 Å². The molecule has 0 radical (unpaired) electrons. The topological polar surface area (TPSA) is 112 Å². The molecule has 4 aromatic rings. The first-order valence-corrected chi connectivity index (χ1v) is 14.2. The highest BCUT2D eigenvalue weighted by molar-refractivity contribution is 6.05. The third-order valence-corrected chi connectivity index (χ3v) is 7.27. The minimum Gasteiger partial charge on any atom is -0.481 e. The molecule has 7 nitrogen and oxygen atoms in total. The molecule has 2 atom stereocenters. The van der Waals surface area contributed by atoms with Crippen LogP contribution in [-0.2, 0) is 17.8 Å². The highest BCUT2D eigenvalue weighted by Crippen LogP contribution is 2.42. The van der Waals surface area contributed by atoms with Crippen molar-refractivity contribution in [1.82, 2.24) is 9.88 Å². The van der Waals surface area contributed by atoms with Crippen LogP contribution in [0.3, 0.4) is 0 Å². The Morgan fingerprint density at radius 1 is 0.814 bits per heavy atom. The molecule has 226 valence electrons. The lowest BCUT2D eigenvalue weighted by Gasteiger charge is -2.20. The Kier molecular flexibility index (Phi) is 10.4. The molecule has 0 fully saturated rings. The van der Waals surface area contributed by atoms with Crippen molar-refractivity contribution < 1.29 is 33.7 Å². The van der Waals surface area contributed by atoms with Crippen LogP contribution in [0.15, 0.2) is 78.9 Å². The average molecular weight is 591 g/mol. The second-order valence-electron chi connectivity index (χ2n) is 10.9. The molecule has 0 aliphatic rings. The van der Waals surface area contributed by atoms with Gasteiger partial charge in [0.15, 0.2) is 0 Å². The van der Waals surface area contributed by atoms with Crippen molar-refractivity contribution >= 4 is 11.9 Å². The summed E-state index contributed by atoms with van der Waals surface area (Å²) in [4.78, 5) is 25.0. The number of aliphatic hydroxyl groups is 2. The molecule has 3 aromatic carbocycles. The van der Waals surface area contributed by atoms with E-state index in [9.17, 15) is 28.6 Å². The number of carboxylic acid groups (broad SMARTS) is 1. The lowest BCUT2D eigenvalue weighted by atomic mass is 9.92. The number of carbonyl (C=O) groups excluding carboxylic acids is 1. The summed E-state index contributed by atoms with van der Waals surface area (Å²) in [6.07, 6.45) is -2.43. The number of nitrogens with zero attached hydrogens (tertiary/aromatic N) is 1. The van der Waals surface area contributed by atoms with E-state index in [1.807, 2.05) is 48.7 Å². The van der Waals surface area contributed by atoms with Crippen LogP contribution in [0.25, 0.3) is 22.3 Å². The standard InChI is InChI=1S/C34H36F2N2O5/c1-21(2)38-29(17-16-27(39)18-28(40)19-30(41)42)31(23-8-12-25(35)13-9-23)32(24-10-14-26(36)15-11-24)33(38)34(43)37-20-22-6-4-3-5-7-22/h3-15,21,27-28,39-40H,16-20H2,1-2H3,(H,37,43)(H,41,42)/t27-,28-/m1/s1. The maximum absolute atomic E-state index is 14.0. The Bertz CT molecular complexity index is 1530. The number of carboxylic acids is 1. The zero-order chi connectivity index (χ0) is 31.1. The van der Waals surface area contributed by atoms with E-state index in [1.54, 1.807) is 24.3 Å². The van der Waals surface area contributed by atoms with E-state index >= 15 is 0 Å². The van der Waals surface area contributed by atoms with Gasteiger partial charge in [-0.15, -0.1) is 0 Å². The Morgan fingerprint density at radius 3 is 1.91 bits per heavy atom. The van der Waals surface area contributed by atoms with Crippen molar-refractivity contribution in [2.45, 2.75) is 64.3 Å². The van der Waals surface area contributed by atoms with Crippen molar-refractivity contribution in [3.8, 4) is 22.3 Å². The van der Waals surface area contributed by atoms with Gasteiger partial charge in [0.2, 0.25) is 0 Å².